The molecule has 18 heavy (non-hydrogen) atoms. The smallest absolute Gasteiger partial charge is 0.326 e. The summed E-state index contributed by atoms with van der Waals surface area (Å²) in [6.45, 7) is 10.7. The molecule has 0 bridgehead atoms. The van der Waals surface area contributed by atoms with Crippen molar-refractivity contribution < 1.29 is 9.53 Å². The third kappa shape index (κ3) is 6.36. The Morgan fingerprint density at radius 1 is 1.44 bits per heavy atom. The van der Waals surface area contributed by atoms with Crippen molar-refractivity contribution >= 4 is 5.97 Å². The van der Waals surface area contributed by atoms with Crippen molar-refractivity contribution in [3.63, 3.8) is 0 Å². The van der Waals surface area contributed by atoms with Gasteiger partial charge in [-0.2, -0.15) is 0 Å². The van der Waals surface area contributed by atoms with Gasteiger partial charge in [-0.05, 0) is 53.2 Å². The first kappa shape index (κ1) is 17.4. The zero-order chi connectivity index (χ0) is 14.2. The molecule has 0 heterocycles. The van der Waals surface area contributed by atoms with Gasteiger partial charge in [0, 0.05) is 6.54 Å². The molecule has 1 atom stereocenters. The van der Waals surface area contributed by atoms with Crippen molar-refractivity contribution in [2.24, 2.45) is 5.92 Å². The van der Waals surface area contributed by atoms with Crippen LogP contribution in [0.1, 0.15) is 40.5 Å². The molecule has 0 aromatic carbocycles. The molecule has 0 aromatic heterocycles. The standard InChI is InChI=1S/C14H30N2O2/c1-7-18-13(17)14(4,15-5)9-8-10-16(6)11-12(2)3/h12,15H,7-11H2,1-6H3. The third-order valence-electron chi connectivity index (χ3n) is 3.17. The van der Waals surface area contributed by atoms with Gasteiger partial charge in [-0.1, -0.05) is 13.8 Å². The van der Waals surface area contributed by atoms with Crippen molar-refractivity contribution in [1.29, 1.82) is 0 Å². The maximum atomic E-state index is 11.9. The van der Waals surface area contributed by atoms with Crippen LogP contribution < -0.4 is 5.32 Å². The minimum atomic E-state index is -0.561. The molecule has 108 valence electrons. The number of ether oxygens (including phenoxy) is 1. The lowest BCUT2D eigenvalue weighted by molar-refractivity contribution is -0.150. The SMILES string of the molecule is CCOC(=O)C(C)(CCCN(C)CC(C)C)NC. The van der Waals surface area contributed by atoms with Gasteiger partial charge in [-0.3, -0.25) is 4.79 Å². The van der Waals surface area contributed by atoms with Gasteiger partial charge in [-0.15, -0.1) is 0 Å². The molecule has 0 saturated heterocycles. The van der Waals surface area contributed by atoms with Crippen LogP contribution in [0.3, 0.4) is 0 Å². The Bertz CT molecular complexity index is 244. The van der Waals surface area contributed by atoms with E-state index < -0.39 is 5.54 Å². The van der Waals surface area contributed by atoms with Gasteiger partial charge in [0.15, 0.2) is 0 Å². The Balaban J connectivity index is 4.10. The minimum absolute atomic E-state index is 0.154. The lowest BCUT2D eigenvalue weighted by atomic mass is 9.96. The van der Waals surface area contributed by atoms with Crippen molar-refractivity contribution in [2.45, 2.75) is 46.1 Å². The highest BCUT2D eigenvalue weighted by Gasteiger charge is 2.32. The molecule has 0 aromatic rings. The summed E-state index contributed by atoms with van der Waals surface area (Å²) in [5.41, 5.74) is -0.561. The van der Waals surface area contributed by atoms with Crippen molar-refractivity contribution in [3.8, 4) is 0 Å². The number of esters is 1. The largest absolute Gasteiger partial charge is 0.465 e. The Labute approximate surface area is 112 Å². The number of nitrogens with one attached hydrogen (secondary N) is 1. The summed E-state index contributed by atoms with van der Waals surface area (Å²) in [7, 11) is 3.94. The number of carbonyl (C=O) groups excluding carboxylic acids is 1. The van der Waals surface area contributed by atoms with Crippen LogP contribution in [-0.4, -0.2) is 50.2 Å². The molecule has 1 N–H and O–H groups in total. The Kier molecular flexibility index (Phi) is 8.20. The van der Waals surface area contributed by atoms with Gasteiger partial charge in [0.05, 0.1) is 6.61 Å². The van der Waals surface area contributed by atoms with Crippen LogP contribution in [0.25, 0.3) is 0 Å². The summed E-state index contributed by atoms with van der Waals surface area (Å²) in [4.78, 5) is 14.2. The summed E-state index contributed by atoms with van der Waals surface area (Å²) < 4.78 is 5.10. The predicted octanol–water partition coefficient (Wildman–Crippen LogP) is 1.90. The number of hydrogen-bond acceptors (Lipinski definition) is 4. The molecule has 0 rings (SSSR count). The third-order valence-corrected chi connectivity index (χ3v) is 3.17. The fourth-order valence-corrected chi connectivity index (χ4v) is 2.04. The number of hydrogen-bond donors (Lipinski definition) is 1. The van der Waals surface area contributed by atoms with Crippen LogP contribution in [0.2, 0.25) is 0 Å². The highest BCUT2D eigenvalue weighted by Crippen LogP contribution is 2.14. The van der Waals surface area contributed by atoms with Crippen molar-refractivity contribution in [3.05, 3.63) is 0 Å². The van der Waals surface area contributed by atoms with Gasteiger partial charge in [-0.25, -0.2) is 0 Å². The summed E-state index contributed by atoms with van der Waals surface area (Å²) >= 11 is 0. The van der Waals surface area contributed by atoms with Crippen LogP contribution >= 0.6 is 0 Å². The van der Waals surface area contributed by atoms with Gasteiger partial charge >= 0.3 is 5.97 Å². The van der Waals surface area contributed by atoms with Gasteiger partial charge < -0.3 is 15.0 Å². The monoisotopic (exact) mass is 258 g/mol. The molecule has 4 heteroatoms. The maximum Gasteiger partial charge on any atom is 0.326 e. The van der Waals surface area contributed by atoms with E-state index in [4.69, 9.17) is 4.74 Å². The van der Waals surface area contributed by atoms with Crippen LogP contribution in [0, 0.1) is 5.92 Å². The van der Waals surface area contributed by atoms with Crippen LogP contribution in [-0.2, 0) is 9.53 Å². The van der Waals surface area contributed by atoms with Crippen molar-refractivity contribution in [1.82, 2.24) is 10.2 Å². The Morgan fingerprint density at radius 2 is 2.06 bits per heavy atom. The summed E-state index contributed by atoms with van der Waals surface area (Å²) in [5.74, 6) is 0.523. The topological polar surface area (TPSA) is 41.6 Å². The summed E-state index contributed by atoms with van der Waals surface area (Å²) in [6, 6.07) is 0. The molecule has 0 spiro atoms. The molecule has 4 nitrogen and oxygen atoms in total. The Hall–Kier alpha value is -0.610. The first-order chi connectivity index (χ1) is 8.35. The molecular formula is C14H30N2O2. The van der Waals surface area contributed by atoms with Crippen LogP contribution in [0.15, 0.2) is 0 Å². The summed E-state index contributed by atoms with van der Waals surface area (Å²) in [5, 5.41) is 3.08. The van der Waals surface area contributed by atoms with E-state index >= 15 is 0 Å². The van der Waals surface area contributed by atoms with Gasteiger partial charge in [0.25, 0.3) is 0 Å². The highest BCUT2D eigenvalue weighted by molar-refractivity contribution is 5.80. The molecule has 0 aliphatic rings. The number of rotatable bonds is 9. The fourth-order valence-electron chi connectivity index (χ4n) is 2.04. The van der Waals surface area contributed by atoms with E-state index in [0.717, 1.165) is 25.9 Å². The van der Waals surface area contributed by atoms with E-state index in [0.29, 0.717) is 12.5 Å². The lowest BCUT2D eigenvalue weighted by Crippen LogP contribution is -2.49. The second-order valence-corrected chi connectivity index (χ2v) is 5.56. The highest BCUT2D eigenvalue weighted by atomic mass is 16.5. The van der Waals surface area contributed by atoms with Crippen molar-refractivity contribution in [2.75, 3.05) is 33.8 Å². The zero-order valence-corrected chi connectivity index (χ0v) is 12.9. The zero-order valence-electron chi connectivity index (χ0n) is 12.9. The second kappa shape index (κ2) is 8.48. The normalized spacial score (nSPS) is 14.9. The fraction of sp³-hybridized carbons (Fsp3) is 0.929. The van der Waals surface area contributed by atoms with E-state index in [1.165, 1.54) is 0 Å². The van der Waals surface area contributed by atoms with Crippen LogP contribution in [0.4, 0.5) is 0 Å². The number of nitrogens with zero attached hydrogens (tertiary/aromatic N) is 1. The van der Waals surface area contributed by atoms with E-state index in [-0.39, 0.29) is 5.97 Å². The molecule has 0 fully saturated rings. The molecule has 0 aliphatic heterocycles. The number of likely N-dealkylation sites (N-methyl/N-ethyl adjacent to an activating group) is 1. The second-order valence-electron chi connectivity index (χ2n) is 5.56. The Morgan fingerprint density at radius 3 is 2.50 bits per heavy atom. The quantitative estimate of drug-likeness (QED) is 0.641. The molecule has 0 radical (unpaired) electrons. The van der Waals surface area contributed by atoms with Gasteiger partial charge in [0.2, 0.25) is 0 Å². The van der Waals surface area contributed by atoms with E-state index in [1.54, 1.807) is 0 Å². The maximum absolute atomic E-state index is 11.9. The molecule has 1 unspecified atom stereocenters. The first-order valence-corrected chi connectivity index (χ1v) is 6.90. The molecule has 0 amide bonds. The lowest BCUT2D eigenvalue weighted by Gasteiger charge is -2.28. The average Bonchev–Trinajstić information content (AvgIpc) is 2.28. The van der Waals surface area contributed by atoms with Gasteiger partial charge in [0.1, 0.15) is 5.54 Å². The van der Waals surface area contributed by atoms with E-state index in [9.17, 15) is 4.79 Å². The predicted molar refractivity (Wildman–Crippen MR) is 75.7 cm³/mol. The number of carbonyl (C=O) groups is 1. The molecule has 0 aliphatic carbocycles. The summed E-state index contributed by atoms with van der Waals surface area (Å²) in [6.07, 6.45) is 1.78. The minimum Gasteiger partial charge on any atom is -0.465 e. The average molecular weight is 258 g/mol. The molecule has 0 saturated carbocycles. The first-order valence-electron chi connectivity index (χ1n) is 6.90. The molecular weight excluding hydrogens is 228 g/mol. The van der Waals surface area contributed by atoms with E-state index in [2.05, 4.69) is 31.1 Å². The van der Waals surface area contributed by atoms with Crippen LogP contribution in [0.5, 0.6) is 0 Å². The van der Waals surface area contributed by atoms with E-state index in [1.807, 2.05) is 20.9 Å².